The van der Waals surface area contributed by atoms with Crippen molar-refractivity contribution >= 4 is 11.6 Å². The quantitative estimate of drug-likeness (QED) is 0.857. The van der Waals surface area contributed by atoms with Gasteiger partial charge in [0, 0.05) is 24.4 Å². The first-order valence-corrected chi connectivity index (χ1v) is 6.47. The SMILES string of the molecule is CCNC(=O)c1ccc(NC2CCOC2C)cc1. The van der Waals surface area contributed by atoms with E-state index in [-0.39, 0.29) is 12.0 Å². The van der Waals surface area contributed by atoms with Gasteiger partial charge in [0.05, 0.1) is 12.1 Å². The van der Waals surface area contributed by atoms with Crippen molar-refractivity contribution in [3.8, 4) is 0 Å². The van der Waals surface area contributed by atoms with E-state index in [1.807, 2.05) is 31.2 Å². The van der Waals surface area contributed by atoms with Crippen LogP contribution in [0.1, 0.15) is 30.6 Å². The Balaban J connectivity index is 1.97. The normalized spacial score (nSPS) is 22.8. The number of carbonyl (C=O) groups is 1. The summed E-state index contributed by atoms with van der Waals surface area (Å²) in [6, 6.07) is 7.92. The van der Waals surface area contributed by atoms with Gasteiger partial charge in [-0.1, -0.05) is 0 Å². The van der Waals surface area contributed by atoms with Gasteiger partial charge < -0.3 is 15.4 Å². The molecule has 2 N–H and O–H groups in total. The predicted molar refractivity (Wildman–Crippen MR) is 71.9 cm³/mol. The molecule has 2 rings (SSSR count). The minimum atomic E-state index is -0.0263. The highest BCUT2D eigenvalue weighted by Crippen LogP contribution is 2.19. The molecule has 0 aromatic heterocycles. The Labute approximate surface area is 108 Å². The summed E-state index contributed by atoms with van der Waals surface area (Å²) >= 11 is 0. The number of rotatable bonds is 4. The second-order valence-electron chi connectivity index (χ2n) is 4.55. The molecule has 1 aromatic carbocycles. The number of benzene rings is 1. The Hall–Kier alpha value is -1.55. The molecule has 1 aliphatic rings. The number of hydrogen-bond acceptors (Lipinski definition) is 3. The fraction of sp³-hybridized carbons (Fsp3) is 0.500. The zero-order valence-corrected chi connectivity index (χ0v) is 10.9. The summed E-state index contributed by atoms with van der Waals surface area (Å²) in [5.41, 5.74) is 1.73. The maximum atomic E-state index is 11.6. The lowest BCUT2D eigenvalue weighted by atomic mass is 10.1. The van der Waals surface area contributed by atoms with Gasteiger partial charge in [0.2, 0.25) is 0 Å². The average Bonchev–Trinajstić information content (AvgIpc) is 2.76. The second-order valence-corrected chi connectivity index (χ2v) is 4.55. The molecule has 1 heterocycles. The zero-order valence-electron chi connectivity index (χ0n) is 10.9. The van der Waals surface area contributed by atoms with Crippen LogP contribution in [-0.4, -0.2) is 31.2 Å². The van der Waals surface area contributed by atoms with Crippen molar-refractivity contribution in [3.63, 3.8) is 0 Å². The van der Waals surface area contributed by atoms with Crippen LogP contribution >= 0.6 is 0 Å². The Morgan fingerprint density at radius 1 is 1.39 bits per heavy atom. The lowest BCUT2D eigenvalue weighted by molar-refractivity contribution is 0.0956. The Bertz CT molecular complexity index is 403. The summed E-state index contributed by atoms with van der Waals surface area (Å²) in [6.07, 6.45) is 1.27. The zero-order chi connectivity index (χ0) is 13.0. The van der Waals surface area contributed by atoms with Gasteiger partial charge in [-0.05, 0) is 44.5 Å². The van der Waals surface area contributed by atoms with Crippen LogP contribution in [0.2, 0.25) is 0 Å². The van der Waals surface area contributed by atoms with E-state index < -0.39 is 0 Å². The number of amides is 1. The van der Waals surface area contributed by atoms with E-state index in [2.05, 4.69) is 17.6 Å². The van der Waals surface area contributed by atoms with Crippen LogP contribution in [-0.2, 0) is 4.74 Å². The van der Waals surface area contributed by atoms with E-state index >= 15 is 0 Å². The fourth-order valence-corrected chi connectivity index (χ4v) is 2.12. The van der Waals surface area contributed by atoms with E-state index in [4.69, 9.17) is 4.74 Å². The molecule has 18 heavy (non-hydrogen) atoms. The van der Waals surface area contributed by atoms with Gasteiger partial charge in [0.15, 0.2) is 0 Å². The van der Waals surface area contributed by atoms with E-state index in [0.29, 0.717) is 18.2 Å². The molecular weight excluding hydrogens is 228 g/mol. The summed E-state index contributed by atoms with van der Waals surface area (Å²) in [7, 11) is 0. The largest absolute Gasteiger partial charge is 0.380 e. The highest BCUT2D eigenvalue weighted by molar-refractivity contribution is 5.94. The molecule has 1 saturated heterocycles. The van der Waals surface area contributed by atoms with Crippen molar-refractivity contribution in [2.24, 2.45) is 0 Å². The van der Waals surface area contributed by atoms with Crippen LogP contribution in [0.25, 0.3) is 0 Å². The lowest BCUT2D eigenvalue weighted by Crippen LogP contribution is -2.26. The summed E-state index contributed by atoms with van der Waals surface area (Å²) in [5, 5.41) is 6.21. The highest BCUT2D eigenvalue weighted by atomic mass is 16.5. The molecule has 4 nitrogen and oxygen atoms in total. The van der Waals surface area contributed by atoms with Crippen LogP contribution in [0.4, 0.5) is 5.69 Å². The van der Waals surface area contributed by atoms with Crippen LogP contribution < -0.4 is 10.6 Å². The molecule has 0 radical (unpaired) electrons. The number of ether oxygens (including phenoxy) is 1. The molecule has 4 heteroatoms. The first-order chi connectivity index (χ1) is 8.70. The first kappa shape index (κ1) is 12.9. The van der Waals surface area contributed by atoms with E-state index in [1.54, 1.807) is 0 Å². The van der Waals surface area contributed by atoms with Gasteiger partial charge in [-0.15, -0.1) is 0 Å². The topological polar surface area (TPSA) is 50.4 Å². The fourth-order valence-electron chi connectivity index (χ4n) is 2.12. The summed E-state index contributed by atoms with van der Waals surface area (Å²) in [6.45, 7) is 5.45. The van der Waals surface area contributed by atoms with Gasteiger partial charge in [-0.3, -0.25) is 4.79 Å². The van der Waals surface area contributed by atoms with E-state index in [1.165, 1.54) is 0 Å². The average molecular weight is 248 g/mol. The van der Waals surface area contributed by atoms with Gasteiger partial charge in [-0.25, -0.2) is 0 Å². The van der Waals surface area contributed by atoms with Crippen molar-refractivity contribution in [3.05, 3.63) is 29.8 Å². The van der Waals surface area contributed by atoms with Gasteiger partial charge in [0.1, 0.15) is 0 Å². The number of hydrogen-bond donors (Lipinski definition) is 2. The third kappa shape index (κ3) is 3.01. The molecular formula is C14H20N2O2. The molecule has 0 spiro atoms. The monoisotopic (exact) mass is 248 g/mol. The Morgan fingerprint density at radius 3 is 2.67 bits per heavy atom. The maximum Gasteiger partial charge on any atom is 0.251 e. The van der Waals surface area contributed by atoms with Crippen LogP contribution in [0.3, 0.4) is 0 Å². The smallest absolute Gasteiger partial charge is 0.251 e. The number of anilines is 1. The molecule has 1 amide bonds. The molecule has 1 aliphatic heterocycles. The summed E-state index contributed by atoms with van der Waals surface area (Å²) in [4.78, 5) is 11.6. The number of carbonyl (C=O) groups excluding carboxylic acids is 1. The Morgan fingerprint density at radius 2 is 2.11 bits per heavy atom. The summed E-state index contributed by atoms with van der Waals surface area (Å²) < 4.78 is 5.50. The predicted octanol–water partition coefficient (Wildman–Crippen LogP) is 2.03. The number of nitrogens with one attached hydrogen (secondary N) is 2. The molecule has 0 aliphatic carbocycles. The highest BCUT2D eigenvalue weighted by Gasteiger charge is 2.23. The third-order valence-electron chi connectivity index (χ3n) is 3.21. The van der Waals surface area contributed by atoms with Gasteiger partial charge in [0.25, 0.3) is 5.91 Å². The van der Waals surface area contributed by atoms with Gasteiger partial charge in [-0.2, -0.15) is 0 Å². The van der Waals surface area contributed by atoms with Crippen molar-refractivity contribution < 1.29 is 9.53 Å². The molecule has 0 bridgehead atoms. The molecule has 1 fully saturated rings. The standard InChI is InChI=1S/C14H20N2O2/c1-3-15-14(17)11-4-6-12(7-5-11)16-13-8-9-18-10(13)2/h4-7,10,13,16H,3,8-9H2,1-2H3,(H,15,17). The van der Waals surface area contributed by atoms with Crippen LogP contribution in [0, 0.1) is 0 Å². The first-order valence-electron chi connectivity index (χ1n) is 6.47. The van der Waals surface area contributed by atoms with Crippen LogP contribution in [0.15, 0.2) is 24.3 Å². The van der Waals surface area contributed by atoms with Crippen molar-refractivity contribution in [2.75, 3.05) is 18.5 Å². The minimum Gasteiger partial charge on any atom is -0.380 e. The van der Waals surface area contributed by atoms with E-state index in [9.17, 15) is 4.79 Å². The van der Waals surface area contributed by atoms with E-state index in [0.717, 1.165) is 18.7 Å². The Kier molecular flexibility index (Phi) is 4.20. The molecule has 1 aromatic rings. The maximum absolute atomic E-state index is 11.6. The minimum absolute atomic E-state index is 0.0263. The van der Waals surface area contributed by atoms with Crippen molar-refractivity contribution in [1.82, 2.24) is 5.32 Å². The lowest BCUT2D eigenvalue weighted by Gasteiger charge is -2.17. The molecule has 2 atom stereocenters. The third-order valence-corrected chi connectivity index (χ3v) is 3.21. The molecule has 0 saturated carbocycles. The second kappa shape index (κ2) is 5.87. The molecule has 98 valence electrons. The van der Waals surface area contributed by atoms with Gasteiger partial charge >= 0.3 is 0 Å². The summed E-state index contributed by atoms with van der Waals surface area (Å²) in [5.74, 6) is -0.0263. The van der Waals surface area contributed by atoms with Crippen molar-refractivity contribution in [1.29, 1.82) is 0 Å². The molecule has 2 unspecified atom stereocenters. The van der Waals surface area contributed by atoms with Crippen molar-refractivity contribution in [2.45, 2.75) is 32.4 Å². The van der Waals surface area contributed by atoms with Crippen LogP contribution in [0.5, 0.6) is 0 Å².